The Morgan fingerprint density at radius 1 is 0.865 bits per heavy atom. The smallest absolute Gasteiger partial charge is 0.253 e. The van der Waals surface area contributed by atoms with Gasteiger partial charge in [-0.05, 0) is 78.6 Å². The van der Waals surface area contributed by atoms with Crippen molar-refractivity contribution in [1.82, 2.24) is 14.2 Å². The summed E-state index contributed by atoms with van der Waals surface area (Å²) in [4.78, 5) is 20.5. The van der Waals surface area contributed by atoms with Crippen LogP contribution in [-0.4, -0.2) is 65.9 Å². The third-order valence-electron chi connectivity index (χ3n) is 7.91. The molecule has 0 bridgehead atoms. The van der Waals surface area contributed by atoms with E-state index >= 15 is 0 Å². The quantitative estimate of drug-likeness (QED) is 0.318. The number of likely N-dealkylation sites (tertiary alicyclic amines) is 1. The largest absolute Gasteiger partial charge is 0.353 e. The number of piperazine rings is 1. The second-order valence-corrected chi connectivity index (χ2v) is 11.1. The Bertz CT molecular complexity index is 1350. The highest BCUT2D eigenvalue weighted by Crippen LogP contribution is 2.30. The van der Waals surface area contributed by atoms with Crippen molar-refractivity contribution in [3.63, 3.8) is 0 Å². The van der Waals surface area contributed by atoms with Crippen LogP contribution in [-0.2, 0) is 0 Å². The number of piperidine rings is 1. The zero-order valence-electron chi connectivity index (χ0n) is 21.3. The molecule has 1 amide bonds. The van der Waals surface area contributed by atoms with Crippen LogP contribution in [0.15, 0.2) is 78.9 Å². The molecule has 190 valence electrons. The van der Waals surface area contributed by atoms with Crippen molar-refractivity contribution >= 4 is 33.3 Å². The molecule has 2 saturated heterocycles. The highest BCUT2D eigenvalue weighted by Gasteiger charge is 2.26. The van der Waals surface area contributed by atoms with Gasteiger partial charge in [-0.15, -0.1) is 0 Å². The van der Waals surface area contributed by atoms with Crippen LogP contribution >= 0.6 is 11.5 Å². The van der Waals surface area contributed by atoms with E-state index in [4.69, 9.17) is 4.37 Å². The Labute approximate surface area is 223 Å². The lowest BCUT2D eigenvalue weighted by Crippen LogP contribution is -2.47. The topological polar surface area (TPSA) is 39.7 Å². The SMILES string of the molecule is O=C(c1cccc(-c2ccccc2)c1)N1CCC[C@@H](CCN2CCN(c3nsc4ccccc34)CC2)C1. The van der Waals surface area contributed by atoms with Gasteiger partial charge in [-0.25, -0.2) is 0 Å². The first kappa shape index (κ1) is 24.1. The van der Waals surface area contributed by atoms with E-state index in [1.165, 1.54) is 16.5 Å². The first-order valence-electron chi connectivity index (χ1n) is 13.5. The summed E-state index contributed by atoms with van der Waals surface area (Å²) in [6.07, 6.45) is 3.48. The lowest BCUT2D eigenvalue weighted by atomic mass is 9.93. The second-order valence-electron chi connectivity index (χ2n) is 10.3. The van der Waals surface area contributed by atoms with E-state index in [1.54, 1.807) is 11.5 Å². The molecule has 6 rings (SSSR count). The van der Waals surface area contributed by atoms with Crippen molar-refractivity contribution < 1.29 is 4.79 Å². The Kier molecular flexibility index (Phi) is 7.20. The van der Waals surface area contributed by atoms with Gasteiger partial charge in [-0.3, -0.25) is 9.69 Å². The molecule has 0 saturated carbocycles. The maximum Gasteiger partial charge on any atom is 0.253 e. The van der Waals surface area contributed by atoms with Crippen molar-refractivity contribution in [2.75, 3.05) is 50.7 Å². The van der Waals surface area contributed by atoms with Gasteiger partial charge >= 0.3 is 0 Å². The first-order valence-corrected chi connectivity index (χ1v) is 14.3. The highest BCUT2D eigenvalue weighted by atomic mass is 32.1. The fourth-order valence-electron chi connectivity index (χ4n) is 5.78. The molecule has 0 unspecified atom stereocenters. The third kappa shape index (κ3) is 5.41. The van der Waals surface area contributed by atoms with Crippen molar-refractivity contribution in [2.45, 2.75) is 19.3 Å². The van der Waals surface area contributed by atoms with Gasteiger partial charge in [-0.2, -0.15) is 4.37 Å². The summed E-state index contributed by atoms with van der Waals surface area (Å²) < 4.78 is 6.01. The maximum atomic E-state index is 13.4. The Hall–Kier alpha value is -3.22. The standard InChI is InChI=1S/C31H34N4OS/c36-31(27-12-6-11-26(22-27)25-9-2-1-3-10-25)35-16-7-8-24(23-35)15-17-33-18-20-34(21-19-33)30-28-13-4-5-14-29(28)37-32-30/h1-6,9-14,22,24H,7-8,15-21,23H2/t24-/m0/s1. The molecule has 5 nitrogen and oxygen atoms in total. The molecule has 1 aromatic heterocycles. The number of nitrogens with zero attached hydrogens (tertiary/aromatic N) is 4. The van der Waals surface area contributed by atoms with Crippen molar-refractivity contribution in [1.29, 1.82) is 0 Å². The number of rotatable bonds is 6. The number of fused-ring (bicyclic) bond motifs is 1. The lowest BCUT2D eigenvalue weighted by molar-refractivity contribution is 0.0659. The van der Waals surface area contributed by atoms with Gasteiger partial charge in [0, 0.05) is 50.2 Å². The van der Waals surface area contributed by atoms with Gasteiger partial charge in [0.25, 0.3) is 5.91 Å². The van der Waals surface area contributed by atoms with Crippen LogP contribution in [0.3, 0.4) is 0 Å². The lowest BCUT2D eigenvalue weighted by Gasteiger charge is -2.37. The maximum absolute atomic E-state index is 13.4. The molecule has 37 heavy (non-hydrogen) atoms. The Balaban J connectivity index is 1.01. The number of hydrogen-bond donors (Lipinski definition) is 0. The van der Waals surface area contributed by atoms with Crippen LogP contribution in [0.25, 0.3) is 21.2 Å². The van der Waals surface area contributed by atoms with Crippen LogP contribution in [0.1, 0.15) is 29.6 Å². The molecule has 0 N–H and O–H groups in total. The van der Waals surface area contributed by atoms with Crippen molar-refractivity contribution in [3.05, 3.63) is 84.4 Å². The van der Waals surface area contributed by atoms with Crippen LogP contribution in [0.2, 0.25) is 0 Å². The summed E-state index contributed by atoms with van der Waals surface area (Å²) in [5.74, 6) is 1.90. The van der Waals surface area contributed by atoms with Gasteiger partial charge in [0.2, 0.25) is 0 Å². The van der Waals surface area contributed by atoms with E-state index < -0.39 is 0 Å². The predicted octanol–water partition coefficient (Wildman–Crippen LogP) is 6.03. The fraction of sp³-hybridized carbons (Fsp3) is 0.355. The minimum absolute atomic E-state index is 0.173. The van der Waals surface area contributed by atoms with Gasteiger partial charge in [0.05, 0.1) is 4.70 Å². The van der Waals surface area contributed by atoms with E-state index in [9.17, 15) is 4.79 Å². The summed E-state index contributed by atoms with van der Waals surface area (Å²) in [5.41, 5.74) is 3.05. The number of amides is 1. The van der Waals surface area contributed by atoms with Crippen LogP contribution in [0, 0.1) is 5.92 Å². The molecule has 2 fully saturated rings. The molecule has 1 atom stereocenters. The van der Waals surface area contributed by atoms with E-state index in [0.29, 0.717) is 5.92 Å². The minimum atomic E-state index is 0.173. The Morgan fingerprint density at radius 2 is 1.65 bits per heavy atom. The molecule has 2 aliphatic heterocycles. The second kappa shape index (κ2) is 11.0. The molecular weight excluding hydrogens is 476 g/mol. The average Bonchev–Trinajstić information content (AvgIpc) is 3.41. The number of anilines is 1. The minimum Gasteiger partial charge on any atom is -0.353 e. The monoisotopic (exact) mass is 510 g/mol. The molecule has 2 aliphatic rings. The summed E-state index contributed by atoms with van der Waals surface area (Å²) >= 11 is 1.60. The van der Waals surface area contributed by atoms with Gasteiger partial charge in [0.15, 0.2) is 0 Å². The predicted molar refractivity (Wildman–Crippen MR) is 153 cm³/mol. The van der Waals surface area contributed by atoms with Crippen LogP contribution in [0.5, 0.6) is 0 Å². The summed E-state index contributed by atoms with van der Waals surface area (Å²) in [6, 6.07) is 26.9. The fourth-order valence-corrected chi connectivity index (χ4v) is 6.57. The number of hydrogen-bond acceptors (Lipinski definition) is 5. The van der Waals surface area contributed by atoms with E-state index in [-0.39, 0.29) is 5.91 Å². The average molecular weight is 511 g/mol. The molecule has 0 radical (unpaired) electrons. The van der Waals surface area contributed by atoms with Crippen molar-refractivity contribution in [3.8, 4) is 11.1 Å². The number of carbonyl (C=O) groups excluding carboxylic acids is 1. The van der Waals surface area contributed by atoms with Crippen molar-refractivity contribution in [2.24, 2.45) is 5.92 Å². The van der Waals surface area contributed by atoms with Gasteiger partial charge in [0.1, 0.15) is 5.82 Å². The molecule has 4 aromatic rings. The zero-order chi connectivity index (χ0) is 25.0. The summed E-state index contributed by atoms with van der Waals surface area (Å²) in [6.45, 7) is 7.06. The third-order valence-corrected chi connectivity index (χ3v) is 8.72. The molecule has 0 spiro atoms. The van der Waals surface area contributed by atoms with E-state index in [0.717, 1.165) is 81.2 Å². The molecule has 3 heterocycles. The van der Waals surface area contributed by atoms with Gasteiger partial charge < -0.3 is 9.80 Å². The van der Waals surface area contributed by atoms with Crippen LogP contribution in [0.4, 0.5) is 5.82 Å². The van der Waals surface area contributed by atoms with Gasteiger partial charge in [-0.1, -0.05) is 54.6 Å². The summed E-state index contributed by atoms with van der Waals surface area (Å²) in [7, 11) is 0. The first-order chi connectivity index (χ1) is 18.2. The number of benzene rings is 3. The number of carbonyl (C=O) groups is 1. The molecular formula is C31H34N4OS. The molecule has 0 aliphatic carbocycles. The summed E-state index contributed by atoms with van der Waals surface area (Å²) in [5, 5.41) is 1.28. The van der Waals surface area contributed by atoms with E-state index in [1.807, 2.05) is 36.4 Å². The molecule has 6 heteroatoms. The zero-order valence-corrected chi connectivity index (χ0v) is 22.1. The number of aromatic nitrogens is 1. The normalized spacial score (nSPS) is 18.9. The molecule has 3 aromatic carbocycles. The Morgan fingerprint density at radius 3 is 2.51 bits per heavy atom. The van der Waals surface area contributed by atoms with E-state index in [2.05, 4.69) is 57.2 Å². The highest BCUT2D eigenvalue weighted by molar-refractivity contribution is 7.13. The van der Waals surface area contributed by atoms with Crippen LogP contribution < -0.4 is 4.90 Å².